The molecule has 1 N–H and O–H groups in total. The molecule has 1 atom stereocenters. The number of aliphatic imine (C=N–C) groups is 1. The fraction of sp³-hybridized carbons (Fsp3) is 0.636. The maximum absolute atomic E-state index is 12.0. The van der Waals surface area contributed by atoms with Crippen LogP contribution in [-0.4, -0.2) is 55.4 Å². The fourth-order valence-corrected chi connectivity index (χ4v) is 3.92. The van der Waals surface area contributed by atoms with Gasteiger partial charge in [0.25, 0.3) is 5.91 Å². The second kappa shape index (κ2) is 12.3. The van der Waals surface area contributed by atoms with Crippen molar-refractivity contribution < 1.29 is 4.79 Å². The molecule has 1 aromatic carbocycles. The van der Waals surface area contributed by atoms with Gasteiger partial charge in [-0.15, -0.1) is 24.0 Å². The van der Waals surface area contributed by atoms with E-state index in [1.165, 1.54) is 19.3 Å². The van der Waals surface area contributed by atoms with E-state index in [4.69, 9.17) is 4.99 Å². The van der Waals surface area contributed by atoms with Gasteiger partial charge in [0, 0.05) is 39.3 Å². The standard InChI is InChI=1S/C22H36N4O.HI/c1-6-18(7-2)20-13-14-26(16-20)22(23-8-3)24-15-17-9-11-19(12-10-17)21(27)25(4)5;/h9-12,18,20H,6-8,13-16H2,1-5H3,(H,23,24);1H. The summed E-state index contributed by atoms with van der Waals surface area (Å²) in [6, 6.07) is 7.78. The zero-order valence-electron chi connectivity index (χ0n) is 18.1. The van der Waals surface area contributed by atoms with Crippen molar-refractivity contribution in [2.45, 2.75) is 46.6 Å². The molecule has 1 aliphatic rings. The van der Waals surface area contributed by atoms with Crippen molar-refractivity contribution in [3.05, 3.63) is 35.4 Å². The van der Waals surface area contributed by atoms with E-state index < -0.39 is 0 Å². The third-order valence-corrected chi connectivity index (χ3v) is 5.59. The van der Waals surface area contributed by atoms with Crippen molar-refractivity contribution in [3.63, 3.8) is 0 Å². The van der Waals surface area contributed by atoms with Crippen molar-refractivity contribution in [3.8, 4) is 0 Å². The number of hydrogen-bond donors (Lipinski definition) is 1. The number of guanidine groups is 1. The topological polar surface area (TPSA) is 47.9 Å². The largest absolute Gasteiger partial charge is 0.357 e. The first-order chi connectivity index (χ1) is 13.0. The summed E-state index contributed by atoms with van der Waals surface area (Å²) in [6.07, 6.45) is 3.79. The molecule has 0 radical (unpaired) electrons. The van der Waals surface area contributed by atoms with Gasteiger partial charge in [0.1, 0.15) is 0 Å². The monoisotopic (exact) mass is 500 g/mol. The number of nitrogens with one attached hydrogen (secondary N) is 1. The van der Waals surface area contributed by atoms with Gasteiger partial charge >= 0.3 is 0 Å². The predicted octanol–water partition coefficient (Wildman–Crippen LogP) is 4.23. The van der Waals surface area contributed by atoms with Crippen LogP contribution in [0.1, 0.15) is 56.0 Å². The molecule has 0 aromatic heterocycles. The van der Waals surface area contributed by atoms with Gasteiger partial charge in [0.05, 0.1) is 6.54 Å². The smallest absolute Gasteiger partial charge is 0.253 e. The zero-order valence-corrected chi connectivity index (χ0v) is 20.4. The molecule has 1 saturated heterocycles. The van der Waals surface area contributed by atoms with Gasteiger partial charge in [0.2, 0.25) is 0 Å². The number of benzene rings is 1. The summed E-state index contributed by atoms with van der Waals surface area (Å²) < 4.78 is 0. The average molecular weight is 500 g/mol. The fourth-order valence-electron chi connectivity index (χ4n) is 3.92. The SMILES string of the molecule is CCNC(=NCc1ccc(C(=O)N(C)C)cc1)N1CCC(C(CC)CC)C1.I. The molecule has 0 saturated carbocycles. The summed E-state index contributed by atoms with van der Waals surface area (Å²) in [5.41, 5.74) is 1.84. The lowest BCUT2D eigenvalue weighted by Crippen LogP contribution is -2.40. The van der Waals surface area contributed by atoms with E-state index in [1.54, 1.807) is 19.0 Å². The molecule has 0 spiro atoms. The molecule has 1 amide bonds. The number of amides is 1. The van der Waals surface area contributed by atoms with Crippen LogP contribution in [0.3, 0.4) is 0 Å². The Hall–Kier alpha value is -1.31. The molecule has 0 aliphatic carbocycles. The summed E-state index contributed by atoms with van der Waals surface area (Å²) in [4.78, 5) is 20.9. The molecule has 1 heterocycles. The van der Waals surface area contributed by atoms with E-state index >= 15 is 0 Å². The number of nitrogens with zero attached hydrogens (tertiary/aromatic N) is 3. The van der Waals surface area contributed by atoms with Gasteiger partial charge < -0.3 is 15.1 Å². The molecule has 5 nitrogen and oxygen atoms in total. The maximum atomic E-state index is 12.0. The Labute approximate surface area is 188 Å². The van der Waals surface area contributed by atoms with Gasteiger partial charge in [-0.1, -0.05) is 38.8 Å². The highest BCUT2D eigenvalue weighted by atomic mass is 127. The number of hydrogen-bond acceptors (Lipinski definition) is 2. The van der Waals surface area contributed by atoms with Crippen molar-refractivity contribution in [2.24, 2.45) is 16.8 Å². The van der Waals surface area contributed by atoms with Crippen LogP contribution in [0.25, 0.3) is 0 Å². The number of halogens is 1. The first-order valence-corrected chi connectivity index (χ1v) is 10.3. The van der Waals surface area contributed by atoms with Crippen molar-refractivity contribution in [2.75, 3.05) is 33.7 Å². The Bertz CT molecular complexity index is 626. The second-order valence-electron chi connectivity index (χ2n) is 7.64. The van der Waals surface area contributed by atoms with Gasteiger partial charge in [0.15, 0.2) is 5.96 Å². The van der Waals surface area contributed by atoms with Crippen LogP contribution in [0, 0.1) is 11.8 Å². The number of carbonyl (C=O) groups excluding carboxylic acids is 1. The van der Waals surface area contributed by atoms with Crippen LogP contribution in [0.4, 0.5) is 0 Å². The van der Waals surface area contributed by atoms with Gasteiger partial charge in [-0.05, 0) is 42.9 Å². The van der Waals surface area contributed by atoms with Crippen LogP contribution in [0.5, 0.6) is 0 Å². The normalized spacial score (nSPS) is 16.9. The molecule has 1 aliphatic heterocycles. The molecule has 0 bridgehead atoms. The van der Waals surface area contributed by atoms with E-state index in [9.17, 15) is 4.79 Å². The van der Waals surface area contributed by atoms with Crippen LogP contribution < -0.4 is 5.32 Å². The summed E-state index contributed by atoms with van der Waals surface area (Å²) in [7, 11) is 3.54. The highest BCUT2D eigenvalue weighted by Gasteiger charge is 2.29. The van der Waals surface area contributed by atoms with Crippen LogP contribution in [-0.2, 0) is 6.54 Å². The highest BCUT2D eigenvalue weighted by Crippen LogP contribution is 2.28. The minimum atomic E-state index is 0. The van der Waals surface area contributed by atoms with Crippen molar-refractivity contribution in [1.82, 2.24) is 15.1 Å². The Balaban J connectivity index is 0.00000392. The Morgan fingerprint density at radius 2 is 1.86 bits per heavy atom. The van der Waals surface area contributed by atoms with Gasteiger partial charge in [-0.2, -0.15) is 0 Å². The van der Waals surface area contributed by atoms with Crippen LogP contribution >= 0.6 is 24.0 Å². The molecule has 2 rings (SSSR count). The van der Waals surface area contributed by atoms with Crippen LogP contribution in [0.2, 0.25) is 0 Å². The number of likely N-dealkylation sites (tertiary alicyclic amines) is 1. The molecule has 1 unspecified atom stereocenters. The van der Waals surface area contributed by atoms with E-state index in [0.29, 0.717) is 12.1 Å². The van der Waals surface area contributed by atoms with E-state index in [2.05, 4.69) is 31.0 Å². The summed E-state index contributed by atoms with van der Waals surface area (Å²) in [6.45, 7) is 10.4. The predicted molar refractivity (Wildman–Crippen MR) is 128 cm³/mol. The molecule has 158 valence electrons. The van der Waals surface area contributed by atoms with E-state index in [-0.39, 0.29) is 29.9 Å². The first kappa shape index (κ1) is 24.7. The lowest BCUT2D eigenvalue weighted by atomic mass is 9.87. The summed E-state index contributed by atoms with van der Waals surface area (Å²) in [5.74, 6) is 2.64. The van der Waals surface area contributed by atoms with Crippen molar-refractivity contribution in [1.29, 1.82) is 0 Å². The second-order valence-corrected chi connectivity index (χ2v) is 7.64. The Kier molecular flexibility index (Phi) is 10.9. The van der Waals surface area contributed by atoms with E-state index in [1.807, 2.05) is 24.3 Å². The van der Waals surface area contributed by atoms with Gasteiger partial charge in [-0.3, -0.25) is 4.79 Å². The van der Waals surface area contributed by atoms with Gasteiger partial charge in [-0.25, -0.2) is 4.99 Å². The molecule has 1 fully saturated rings. The Morgan fingerprint density at radius 1 is 1.21 bits per heavy atom. The zero-order chi connectivity index (χ0) is 19.8. The van der Waals surface area contributed by atoms with Crippen molar-refractivity contribution >= 4 is 35.8 Å². The molecular formula is C22H37IN4O. The Morgan fingerprint density at radius 3 is 2.39 bits per heavy atom. The molecule has 6 heteroatoms. The minimum absolute atomic E-state index is 0. The van der Waals surface area contributed by atoms with Crippen LogP contribution in [0.15, 0.2) is 29.3 Å². The molecular weight excluding hydrogens is 463 g/mol. The third-order valence-electron chi connectivity index (χ3n) is 5.59. The third kappa shape index (κ3) is 6.64. The quantitative estimate of drug-likeness (QED) is 0.347. The summed E-state index contributed by atoms with van der Waals surface area (Å²) >= 11 is 0. The lowest BCUT2D eigenvalue weighted by Gasteiger charge is -2.24. The minimum Gasteiger partial charge on any atom is -0.357 e. The first-order valence-electron chi connectivity index (χ1n) is 10.3. The summed E-state index contributed by atoms with van der Waals surface area (Å²) in [5, 5.41) is 3.45. The lowest BCUT2D eigenvalue weighted by molar-refractivity contribution is 0.0827. The van der Waals surface area contributed by atoms with E-state index in [0.717, 1.165) is 43.0 Å². The highest BCUT2D eigenvalue weighted by molar-refractivity contribution is 14.0. The number of rotatable bonds is 7. The average Bonchev–Trinajstić information content (AvgIpc) is 3.15. The number of carbonyl (C=O) groups is 1. The molecule has 1 aromatic rings. The maximum Gasteiger partial charge on any atom is 0.253 e. The molecule has 28 heavy (non-hydrogen) atoms.